The van der Waals surface area contributed by atoms with Crippen LogP contribution < -0.4 is 0 Å². The molecule has 3 heterocycles. The van der Waals surface area contributed by atoms with Gasteiger partial charge in [-0.05, 0) is 60.0 Å². The molecule has 0 spiro atoms. The molecule has 1 aliphatic carbocycles. The lowest BCUT2D eigenvalue weighted by atomic mass is 10.2. The number of piperidine rings is 1. The number of nitrogens with zero attached hydrogens (tertiary/aromatic N) is 6. The van der Waals surface area contributed by atoms with Gasteiger partial charge in [-0.25, -0.2) is 18.1 Å². The number of sulfonamides is 1. The highest BCUT2D eigenvalue weighted by Crippen LogP contribution is 2.33. The maximum atomic E-state index is 12.7. The SMILES string of the molecule is O=S(=O)(c1ccc(Sc2nnnn2C2CCCC2)nc1)N1CCCCC1. The predicted molar refractivity (Wildman–Crippen MR) is 96.3 cm³/mol. The van der Waals surface area contributed by atoms with E-state index in [9.17, 15) is 8.42 Å². The number of pyridine rings is 1. The van der Waals surface area contributed by atoms with E-state index in [1.165, 1.54) is 30.8 Å². The van der Waals surface area contributed by atoms with E-state index < -0.39 is 10.0 Å². The van der Waals surface area contributed by atoms with Crippen molar-refractivity contribution in [3.63, 3.8) is 0 Å². The summed E-state index contributed by atoms with van der Waals surface area (Å²) in [5.41, 5.74) is 0. The smallest absolute Gasteiger partial charge is 0.244 e. The Kier molecular flexibility index (Phi) is 5.23. The molecule has 8 nitrogen and oxygen atoms in total. The molecular weight excluding hydrogens is 372 g/mol. The van der Waals surface area contributed by atoms with E-state index in [0.717, 1.165) is 32.1 Å². The van der Waals surface area contributed by atoms with Crippen molar-refractivity contribution in [2.24, 2.45) is 0 Å². The molecule has 1 saturated carbocycles. The van der Waals surface area contributed by atoms with Crippen LogP contribution in [-0.4, -0.2) is 51.0 Å². The maximum absolute atomic E-state index is 12.7. The third-order valence-corrected chi connectivity index (χ3v) is 7.78. The molecule has 10 heteroatoms. The molecule has 0 atom stereocenters. The van der Waals surface area contributed by atoms with Crippen molar-refractivity contribution in [3.05, 3.63) is 18.3 Å². The standard InChI is InChI=1S/C16H22N6O2S2/c23-26(24,21-10-4-1-5-11-21)14-8-9-15(17-12-14)25-16-18-19-20-22(16)13-6-2-3-7-13/h8-9,12-13H,1-7,10-11H2. The normalized spacial score (nSPS) is 19.8. The van der Waals surface area contributed by atoms with Crippen LogP contribution in [0.3, 0.4) is 0 Å². The van der Waals surface area contributed by atoms with Crippen LogP contribution >= 0.6 is 11.8 Å². The van der Waals surface area contributed by atoms with E-state index in [-0.39, 0.29) is 4.90 Å². The van der Waals surface area contributed by atoms with Crippen LogP contribution in [0.25, 0.3) is 0 Å². The second kappa shape index (κ2) is 7.61. The van der Waals surface area contributed by atoms with Gasteiger partial charge in [0.25, 0.3) is 0 Å². The van der Waals surface area contributed by atoms with Gasteiger partial charge in [0.05, 0.1) is 6.04 Å². The van der Waals surface area contributed by atoms with E-state index in [1.54, 1.807) is 16.4 Å². The van der Waals surface area contributed by atoms with Crippen molar-refractivity contribution in [1.82, 2.24) is 29.5 Å². The van der Waals surface area contributed by atoms with Crippen LogP contribution in [0.4, 0.5) is 0 Å². The van der Waals surface area contributed by atoms with Crippen molar-refractivity contribution < 1.29 is 8.42 Å². The quantitative estimate of drug-likeness (QED) is 0.769. The first kappa shape index (κ1) is 17.9. The maximum Gasteiger partial charge on any atom is 0.244 e. The van der Waals surface area contributed by atoms with Crippen molar-refractivity contribution >= 4 is 21.8 Å². The van der Waals surface area contributed by atoms with Gasteiger partial charge in [0.1, 0.15) is 9.92 Å². The highest BCUT2D eigenvalue weighted by atomic mass is 32.2. The van der Waals surface area contributed by atoms with Gasteiger partial charge < -0.3 is 0 Å². The van der Waals surface area contributed by atoms with Gasteiger partial charge in [0.2, 0.25) is 15.2 Å². The molecule has 2 aliphatic rings. The second-order valence-electron chi connectivity index (χ2n) is 6.74. The Hall–Kier alpha value is -1.52. The Labute approximate surface area is 157 Å². The minimum Gasteiger partial charge on any atom is -0.248 e. The lowest BCUT2D eigenvalue weighted by Crippen LogP contribution is -2.35. The summed E-state index contributed by atoms with van der Waals surface area (Å²) in [6.45, 7) is 1.18. The summed E-state index contributed by atoms with van der Waals surface area (Å²) >= 11 is 1.37. The Morgan fingerprint density at radius 2 is 1.81 bits per heavy atom. The number of tetrazole rings is 1. The fraction of sp³-hybridized carbons (Fsp3) is 0.625. The number of rotatable bonds is 5. The molecule has 0 amide bonds. The Balaban J connectivity index is 1.49. The lowest BCUT2D eigenvalue weighted by Gasteiger charge is -2.25. The van der Waals surface area contributed by atoms with E-state index >= 15 is 0 Å². The summed E-state index contributed by atoms with van der Waals surface area (Å²) in [6.07, 6.45) is 8.98. The Morgan fingerprint density at radius 1 is 1.04 bits per heavy atom. The van der Waals surface area contributed by atoms with Crippen molar-refractivity contribution in [2.45, 2.75) is 66.1 Å². The van der Waals surface area contributed by atoms with Gasteiger partial charge in [-0.3, -0.25) is 0 Å². The van der Waals surface area contributed by atoms with Crippen molar-refractivity contribution in [3.8, 4) is 0 Å². The first-order valence-corrected chi connectivity index (χ1v) is 11.3. The average molecular weight is 395 g/mol. The number of hydrogen-bond acceptors (Lipinski definition) is 7. The minimum atomic E-state index is -3.45. The first-order valence-electron chi connectivity index (χ1n) is 9.06. The van der Waals surface area contributed by atoms with E-state index in [4.69, 9.17) is 0 Å². The highest BCUT2D eigenvalue weighted by molar-refractivity contribution is 7.99. The van der Waals surface area contributed by atoms with Gasteiger partial charge in [-0.1, -0.05) is 19.3 Å². The van der Waals surface area contributed by atoms with E-state index in [0.29, 0.717) is 29.3 Å². The second-order valence-corrected chi connectivity index (χ2v) is 9.67. The third kappa shape index (κ3) is 3.63. The molecule has 2 aromatic heterocycles. The van der Waals surface area contributed by atoms with E-state index in [2.05, 4.69) is 20.5 Å². The lowest BCUT2D eigenvalue weighted by molar-refractivity contribution is 0.346. The summed E-state index contributed by atoms with van der Waals surface area (Å²) in [7, 11) is -3.45. The molecule has 1 aliphatic heterocycles. The molecule has 2 fully saturated rings. The van der Waals surface area contributed by atoms with Crippen molar-refractivity contribution in [2.75, 3.05) is 13.1 Å². The Bertz CT molecular complexity index is 840. The Morgan fingerprint density at radius 3 is 2.50 bits per heavy atom. The zero-order valence-corrected chi connectivity index (χ0v) is 16.1. The van der Waals surface area contributed by atoms with E-state index in [1.807, 2.05) is 4.68 Å². The molecule has 2 aromatic rings. The topological polar surface area (TPSA) is 93.9 Å². The molecule has 140 valence electrons. The van der Waals surface area contributed by atoms with Crippen LogP contribution in [0.15, 0.2) is 33.4 Å². The van der Waals surface area contributed by atoms with Crippen LogP contribution in [-0.2, 0) is 10.0 Å². The van der Waals surface area contributed by atoms with Gasteiger partial charge in [-0.15, -0.1) is 5.10 Å². The highest BCUT2D eigenvalue weighted by Gasteiger charge is 2.26. The molecule has 1 saturated heterocycles. The zero-order chi connectivity index (χ0) is 18.0. The molecule has 26 heavy (non-hydrogen) atoms. The van der Waals surface area contributed by atoms with Crippen LogP contribution in [0.5, 0.6) is 0 Å². The summed E-state index contributed by atoms with van der Waals surface area (Å²) < 4.78 is 28.8. The minimum absolute atomic E-state index is 0.249. The fourth-order valence-electron chi connectivity index (χ4n) is 3.56. The van der Waals surface area contributed by atoms with Gasteiger partial charge in [0, 0.05) is 19.3 Å². The molecule has 0 bridgehead atoms. The fourth-order valence-corrected chi connectivity index (χ4v) is 5.81. The number of hydrogen-bond donors (Lipinski definition) is 0. The summed E-state index contributed by atoms with van der Waals surface area (Å²) in [5.74, 6) is 0. The van der Waals surface area contributed by atoms with Crippen LogP contribution in [0.2, 0.25) is 0 Å². The summed E-state index contributed by atoms with van der Waals surface area (Å²) in [6, 6.07) is 3.71. The molecule has 0 radical (unpaired) electrons. The molecular formula is C16H22N6O2S2. The third-order valence-electron chi connectivity index (χ3n) is 4.99. The van der Waals surface area contributed by atoms with Gasteiger partial charge in [-0.2, -0.15) is 4.31 Å². The molecule has 0 aromatic carbocycles. The largest absolute Gasteiger partial charge is 0.248 e. The first-order chi connectivity index (χ1) is 12.6. The summed E-state index contributed by atoms with van der Waals surface area (Å²) in [4.78, 5) is 4.58. The van der Waals surface area contributed by atoms with Crippen molar-refractivity contribution in [1.29, 1.82) is 0 Å². The molecule has 4 rings (SSSR count). The summed E-state index contributed by atoms with van der Waals surface area (Å²) in [5, 5.41) is 13.4. The molecule has 0 N–H and O–H groups in total. The number of aromatic nitrogens is 5. The van der Waals surface area contributed by atoms with Crippen LogP contribution in [0, 0.1) is 0 Å². The van der Waals surface area contributed by atoms with Gasteiger partial charge in [0.15, 0.2) is 0 Å². The predicted octanol–water partition coefficient (Wildman–Crippen LogP) is 2.51. The van der Waals surface area contributed by atoms with Crippen LogP contribution in [0.1, 0.15) is 51.0 Å². The monoisotopic (exact) mass is 394 g/mol. The zero-order valence-electron chi connectivity index (χ0n) is 14.5. The molecule has 0 unspecified atom stereocenters. The van der Waals surface area contributed by atoms with Gasteiger partial charge >= 0.3 is 0 Å². The average Bonchev–Trinajstić information content (AvgIpc) is 3.34.